The van der Waals surface area contributed by atoms with Crippen LogP contribution in [0.2, 0.25) is 0 Å². The molecule has 1 heterocycles. The Kier molecular flexibility index (Phi) is 8.94. The number of fused-ring (bicyclic) bond motifs is 2. The number of nitrogens with zero attached hydrogens (tertiary/aromatic N) is 1. The molecule has 0 saturated heterocycles. The molecular formula is C30H32IrNO2-. The number of aromatic nitrogens is 1. The number of carbonyl (C=O) groups is 1. The number of rotatable bonds is 2. The Morgan fingerprint density at radius 1 is 0.824 bits per heavy atom. The van der Waals surface area contributed by atoms with Crippen LogP contribution >= 0.6 is 0 Å². The number of benzene rings is 3. The first-order valence-electron chi connectivity index (χ1n) is 11.2. The van der Waals surface area contributed by atoms with Gasteiger partial charge in [0.05, 0.1) is 5.52 Å². The Morgan fingerprint density at radius 3 is 2.03 bits per heavy atom. The number of hydrogen-bond acceptors (Lipinski definition) is 3. The van der Waals surface area contributed by atoms with Gasteiger partial charge in [-0.15, -0.1) is 29.1 Å². The van der Waals surface area contributed by atoms with E-state index in [0.717, 1.165) is 22.2 Å². The topological polar surface area (TPSA) is 50.2 Å². The molecule has 0 aliphatic heterocycles. The number of hydrogen-bond donors (Lipinski definition) is 1. The Hall–Kier alpha value is -2.81. The molecule has 3 aromatic carbocycles. The second-order valence-corrected chi connectivity index (χ2v) is 10.3. The number of allylic oxidation sites excluding steroid dienone is 2. The first-order valence-corrected chi connectivity index (χ1v) is 11.2. The van der Waals surface area contributed by atoms with Gasteiger partial charge in [-0.2, -0.15) is 0 Å². The monoisotopic (exact) mass is 631 g/mol. The molecular weight excluding hydrogens is 599 g/mol. The molecule has 1 radical (unpaired) electrons. The first-order chi connectivity index (χ1) is 15.4. The zero-order chi connectivity index (χ0) is 24.2. The number of aliphatic hydroxyl groups excluding tert-OH is 1. The van der Waals surface area contributed by atoms with Gasteiger partial charge in [-0.05, 0) is 17.1 Å². The van der Waals surface area contributed by atoms with E-state index in [0.29, 0.717) is 0 Å². The maximum atomic E-state index is 11.5. The van der Waals surface area contributed by atoms with Crippen molar-refractivity contribution in [3.8, 4) is 11.3 Å². The minimum Gasteiger partial charge on any atom is -0.512 e. The van der Waals surface area contributed by atoms with Gasteiger partial charge in [0.1, 0.15) is 5.76 Å². The van der Waals surface area contributed by atoms with Gasteiger partial charge in [0, 0.05) is 37.0 Å². The second kappa shape index (κ2) is 11.1. The third-order valence-electron chi connectivity index (χ3n) is 5.33. The van der Waals surface area contributed by atoms with Crippen LogP contribution in [0.5, 0.6) is 0 Å². The van der Waals surface area contributed by atoms with Crippen molar-refractivity contribution in [3.05, 3.63) is 90.7 Å². The Bertz CT molecular complexity index is 1230. The van der Waals surface area contributed by atoms with Crippen LogP contribution in [-0.2, 0) is 24.9 Å². The van der Waals surface area contributed by atoms with E-state index in [2.05, 4.69) is 48.5 Å². The van der Waals surface area contributed by atoms with Gasteiger partial charge in [-0.25, -0.2) is 0 Å². The second-order valence-electron chi connectivity index (χ2n) is 10.3. The van der Waals surface area contributed by atoms with E-state index in [1.54, 1.807) is 0 Å². The third kappa shape index (κ3) is 7.09. The van der Waals surface area contributed by atoms with Crippen LogP contribution in [0.1, 0.15) is 41.5 Å². The summed E-state index contributed by atoms with van der Waals surface area (Å²) in [6, 6.07) is 28.2. The van der Waals surface area contributed by atoms with Gasteiger partial charge in [0.25, 0.3) is 0 Å². The van der Waals surface area contributed by atoms with Crippen molar-refractivity contribution < 1.29 is 30.0 Å². The summed E-state index contributed by atoms with van der Waals surface area (Å²) < 4.78 is 0. The zero-order valence-corrected chi connectivity index (χ0v) is 23.0. The summed E-state index contributed by atoms with van der Waals surface area (Å²) in [5.41, 5.74) is 2.26. The summed E-state index contributed by atoms with van der Waals surface area (Å²) >= 11 is 0. The van der Waals surface area contributed by atoms with E-state index >= 15 is 0 Å². The van der Waals surface area contributed by atoms with Crippen molar-refractivity contribution in [3.63, 3.8) is 0 Å². The molecule has 0 aliphatic rings. The minimum atomic E-state index is -0.417. The molecule has 4 heteroatoms. The van der Waals surface area contributed by atoms with Crippen molar-refractivity contribution in [2.45, 2.75) is 41.5 Å². The molecule has 0 amide bonds. The minimum absolute atomic E-state index is 0. The normalized spacial score (nSPS) is 12.0. The molecule has 0 fully saturated rings. The zero-order valence-electron chi connectivity index (χ0n) is 20.6. The fourth-order valence-corrected chi connectivity index (χ4v) is 3.05. The molecule has 4 aromatic rings. The molecule has 0 aliphatic carbocycles. The van der Waals surface area contributed by atoms with Gasteiger partial charge < -0.3 is 5.11 Å². The smallest absolute Gasteiger partial charge is 0.164 e. The van der Waals surface area contributed by atoms with Gasteiger partial charge in [0.2, 0.25) is 0 Å². The van der Waals surface area contributed by atoms with Crippen LogP contribution in [-0.4, -0.2) is 15.9 Å². The summed E-state index contributed by atoms with van der Waals surface area (Å²) in [7, 11) is 0. The van der Waals surface area contributed by atoms with E-state index in [4.69, 9.17) is 4.98 Å². The van der Waals surface area contributed by atoms with E-state index in [9.17, 15) is 9.90 Å². The molecule has 3 nitrogen and oxygen atoms in total. The van der Waals surface area contributed by atoms with Crippen molar-refractivity contribution >= 4 is 27.5 Å². The predicted octanol–water partition coefficient (Wildman–Crippen LogP) is 7.94. The summed E-state index contributed by atoms with van der Waals surface area (Å²) in [5.74, 6) is 0.104. The van der Waals surface area contributed by atoms with Crippen LogP contribution in [0.3, 0.4) is 0 Å². The fourth-order valence-electron chi connectivity index (χ4n) is 3.05. The molecule has 0 bridgehead atoms. The summed E-state index contributed by atoms with van der Waals surface area (Å²) in [6.07, 6.45) is 1.33. The van der Waals surface area contributed by atoms with E-state index in [-0.39, 0.29) is 37.1 Å². The molecule has 179 valence electrons. The molecule has 0 saturated carbocycles. The van der Waals surface area contributed by atoms with Crippen molar-refractivity contribution in [1.82, 2.24) is 4.98 Å². The van der Waals surface area contributed by atoms with Crippen molar-refractivity contribution in [2.75, 3.05) is 0 Å². The van der Waals surface area contributed by atoms with Gasteiger partial charge >= 0.3 is 0 Å². The molecule has 1 aromatic heterocycles. The van der Waals surface area contributed by atoms with Crippen LogP contribution in [0.4, 0.5) is 0 Å². The first kappa shape index (κ1) is 27.4. The molecule has 4 rings (SSSR count). The van der Waals surface area contributed by atoms with E-state index in [1.165, 1.54) is 16.8 Å². The molecule has 0 atom stereocenters. The quantitative estimate of drug-likeness (QED) is 0.139. The molecule has 0 unspecified atom stereocenters. The SMILES string of the molecule is CC(C)(C)C(=O)/C=C(\O)C(C)(C)C.[Ir].[c-]1cc2ccccc2cc1-c1ccc2ccccc2n1. The predicted molar refractivity (Wildman–Crippen MR) is 138 cm³/mol. The van der Waals surface area contributed by atoms with Gasteiger partial charge in [-0.1, -0.05) is 102 Å². The van der Waals surface area contributed by atoms with E-state index < -0.39 is 5.41 Å². The van der Waals surface area contributed by atoms with Crippen LogP contribution in [0.25, 0.3) is 32.9 Å². The van der Waals surface area contributed by atoms with E-state index in [1.807, 2.05) is 71.9 Å². The van der Waals surface area contributed by atoms with Crippen LogP contribution < -0.4 is 0 Å². The Morgan fingerprint density at radius 2 is 1.41 bits per heavy atom. The van der Waals surface area contributed by atoms with Crippen LogP contribution in [0.15, 0.2) is 84.6 Å². The fraction of sp³-hybridized carbons (Fsp3) is 0.267. The number of ketones is 1. The Labute approximate surface area is 216 Å². The number of para-hydroxylation sites is 1. The standard InChI is InChI=1S/C19H12N.C11H20O2.Ir/c1-2-7-16-13-17(10-9-14(16)5-1)19-12-11-15-6-3-4-8-18(15)20-19;1-10(2,3)8(12)7-9(13)11(4,5)6;/h1-9,11-13H;7,12H,1-6H3;/q-1;;/b;8-7-;. The molecule has 34 heavy (non-hydrogen) atoms. The summed E-state index contributed by atoms with van der Waals surface area (Å²) in [5, 5.41) is 13.1. The number of pyridine rings is 1. The molecule has 1 N–H and O–H groups in total. The average Bonchev–Trinajstić information content (AvgIpc) is 2.77. The van der Waals surface area contributed by atoms with Crippen molar-refractivity contribution in [2.24, 2.45) is 10.8 Å². The summed E-state index contributed by atoms with van der Waals surface area (Å²) in [4.78, 5) is 16.2. The third-order valence-corrected chi connectivity index (χ3v) is 5.33. The van der Waals surface area contributed by atoms with Crippen LogP contribution in [0, 0.1) is 16.9 Å². The largest absolute Gasteiger partial charge is 0.512 e. The molecule has 0 spiro atoms. The van der Waals surface area contributed by atoms with Gasteiger partial charge in [-0.3, -0.25) is 9.78 Å². The number of aliphatic hydroxyl groups is 1. The maximum absolute atomic E-state index is 11.5. The summed E-state index contributed by atoms with van der Waals surface area (Å²) in [6.45, 7) is 11.1. The number of carbonyl (C=O) groups excluding carboxylic acids is 1. The Balaban J connectivity index is 0.000000258. The van der Waals surface area contributed by atoms with Crippen molar-refractivity contribution in [1.29, 1.82) is 0 Å². The average molecular weight is 631 g/mol. The maximum Gasteiger partial charge on any atom is 0.164 e. The van der Waals surface area contributed by atoms with Gasteiger partial charge in [0.15, 0.2) is 5.78 Å².